The number of carboxylic acid groups (broad SMARTS) is 1. The fourth-order valence-electron chi connectivity index (χ4n) is 5.05. The topological polar surface area (TPSA) is 164 Å². The number of halogens is 5. The van der Waals surface area contributed by atoms with Gasteiger partial charge in [-0.1, -0.05) is 35.3 Å². The van der Waals surface area contributed by atoms with Crippen molar-refractivity contribution in [2.45, 2.75) is 50.2 Å². The second kappa shape index (κ2) is 13.3. The number of hydrogen-bond acceptors (Lipinski definition) is 8. The molecule has 0 aliphatic carbocycles. The smallest absolute Gasteiger partial charge is 0.416 e. The van der Waals surface area contributed by atoms with E-state index in [1.165, 1.54) is 33.8 Å². The summed E-state index contributed by atoms with van der Waals surface area (Å²) in [5, 5.41) is 42.8. The summed E-state index contributed by atoms with van der Waals surface area (Å²) in [6.07, 6.45) is -7.95. The van der Waals surface area contributed by atoms with Crippen LogP contribution in [0.4, 0.5) is 23.9 Å². The number of para-hydroxylation sites is 1. The maximum absolute atomic E-state index is 13.4. The highest BCUT2D eigenvalue weighted by Gasteiger charge is 2.39. The van der Waals surface area contributed by atoms with E-state index < -0.39 is 36.2 Å². The quantitative estimate of drug-likeness (QED) is 0.205. The lowest BCUT2D eigenvalue weighted by Gasteiger charge is -2.27. The van der Waals surface area contributed by atoms with Gasteiger partial charge in [-0.3, -0.25) is 4.57 Å². The molecule has 0 bridgehead atoms. The summed E-state index contributed by atoms with van der Waals surface area (Å²) in [5.41, 5.74) is -1.54. The van der Waals surface area contributed by atoms with E-state index in [4.69, 9.17) is 23.2 Å². The van der Waals surface area contributed by atoms with Crippen molar-refractivity contribution in [3.8, 4) is 17.1 Å². The minimum absolute atomic E-state index is 0.0202. The lowest BCUT2D eigenvalue weighted by atomic mass is 9.95. The van der Waals surface area contributed by atoms with Gasteiger partial charge in [0.15, 0.2) is 17.8 Å². The Balaban J connectivity index is 1.48. The van der Waals surface area contributed by atoms with Crippen LogP contribution in [0, 0.1) is 0 Å². The van der Waals surface area contributed by atoms with Gasteiger partial charge in [0, 0.05) is 30.2 Å². The first-order valence-corrected chi connectivity index (χ1v) is 14.8. The van der Waals surface area contributed by atoms with Gasteiger partial charge in [-0.05, 0) is 55.7 Å². The molecule has 3 heterocycles. The van der Waals surface area contributed by atoms with Crippen LogP contribution in [-0.4, -0.2) is 92.9 Å². The molecule has 1 fully saturated rings. The van der Waals surface area contributed by atoms with Crippen LogP contribution in [-0.2, 0) is 13.1 Å². The molecule has 1 aliphatic rings. The van der Waals surface area contributed by atoms with Crippen molar-refractivity contribution >= 4 is 35.2 Å². The number of nitrogens with one attached hydrogen (secondary N) is 1. The van der Waals surface area contributed by atoms with Gasteiger partial charge in [0.1, 0.15) is 6.54 Å². The Morgan fingerprint density at radius 3 is 2.46 bits per heavy atom. The van der Waals surface area contributed by atoms with Crippen molar-refractivity contribution in [1.29, 1.82) is 0 Å². The van der Waals surface area contributed by atoms with E-state index in [9.17, 15) is 38.1 Å². The average molecular weight is 685 g/mol. The van der Waals surface area contributed by atoms with Gasteiger partial charge in [0.05, 0.1) is 22.9 Å². The monoisotopic (exact) mass is 684 g/mol. The third-order valence-electron chi connectivity index (χ3n) is 7.54. The highest BCUT2D eigenvalue weighted by atomic mass is 35.5. The van der Waals surface area contributed by atoms with Crippen LogP contribution >= 0.6 is 23.2 Å². The molecular weight excluding hydrogens is 656 g/mol. The zero-order chi connectivity index (χ0) is 33.2. The van der Waals surface area contributed by atoms with E-state index in [-0.39, 0.29) is 55.8 Å². The molecule has 1 amide bonds. The number of hydrogen-bond donors (Lipinski definition) is 4. The second-order valence-corrected chi connectivity index (χ2v) is 11.7. The van der Waals surface area contributed by atoms with E-state index in [0.717, 1.165) is 4.68 Å². The van der Waals surface area contributed by atoms with E-state index in [2.05, 4.69) is 20.5 Å². The molecular formula is C28H29Cl2F3N8O5. The van der Waals surface area contributed by atoms with Gasteiger partial charge < -0.3 is 25.5 Å². The Hall–Kier alpha value is -4.12. The number of benzene rings is 2. The number of likely N-dealkylation sites (tertiary alicyclic amines) is 1. The number of nitrogens with zero attached hydrogens (tertiary/aromatic N) is 7. The first kappa shape index (κ1) is 33.2. The lowest BCUT2D eigenvalue weighted by molar-refractivity contribution is -0.207. The normalized spacial score (nSPS) is 17.9. The molecule has 0 saturated carbocycles. The summed E-state index contributed by atoms with van der Waals surface area (Å²) in [7, 11) is 0. The highest BCUT2D eigenvalue weighted by Crippen LogP contribution is 2.27. The van der Waals surface area contributed by atoms with E-state index in [1.54, 1.807) is 24.3 Å². The number of anilines is 1. The standard InChI is InChI=1S/C28H29Cl2F3N8O5/c29-18-8-6-17(7-9-18)23-37-40(25(43)39(23)14-21(42)28(31,32)33)15-22-35-24(41(36-22)20-5-2-1-4-19(20)30)34-16-27(46)10-3-12-38(13-11-27)26(44)45/h1-2,4-9,21,42,46H,3,10-16H2,(H,44,45)(H,34,35,36)/t21-,27?/m0/s1. The SMILES string of the molecule is O=C(O)N1CCCC(O)(CNc2nc(Cn3nc(-c4ccc(Cl)cc4)n(C[C@H](O)C(F)(F)F)c3=O)nn2-c2ccccc2Cl)CC1. The molecule has 0 radical (unpaired) electrons. The van der Waals surface area contributed by atoms with Crippen LogP contribution in [0.2, 0.25) is 10.0 Å². The fraction of sp³-hybridized carbons (Fsp3) is 0.393. The van der Waals surface area contributed by atoms with Crippen molar-refractivity contribution in [3.05, 3.63) is 74.9 Å². The molecule has 4 aromatic rings. The molecule has 18 heteroatoms. The van der Waals surface area contributed by atoms with Gasteiger partial charge in [0.2, 0.25) is 5.95 Å². The molecule has 2 aromatic carbocycles. The molecule has 0 spiro atoms. The third-order valence-corrected chi connectivity index (χ3v) is 8.12. The predicted octanol–water partition coefficient (Wildman–Crippen LogP) is 3.88. The van der Waals surface area contributed by atoms with Crippen molar-refractivity contribution in [1.82, 2.24) is 34.0 Å². The third kappa shape index (κ3) is 7.46. The van der Waals surface area contributed by atoms with Crippen LogP contribution in [0.3, 0.4) is 0 Å². The summed E-state index contributed by atoms with van der Waals surface area (Å²) in [6, 6.07) is 12.6. The van der Waals surface area contributed by atoms with Crippen LogP contribution in [0.25, 0.3) is 17.1 Å². The van der Waals surface area contributed by atoms with Crippen LogP contribution in [0.5, 0.6) is 0 Å². The zero-order valence-electron chi connectivity index (χ0n) is 24.0. The van der Waals surface area contributed by atoms with Gasteiger partial charge >= 0.3 is 18.0 Å². The maximum atomic E-state index is 13.4. The zero-order valence-corrected chi connectivity index (χ0v) is 25.5. The number of alkyl halides is 3. The maximum Gasteiger partial charge on any atom is 0.416 e. The van der Waals surface area contributed by atoms with Crippen molar-refractivity contribution in [2.24, 2.45) is 0 Å². The van der Waals surface area contributed by atoms with E-state index in [1.807, 2.05) is 0 Å². The van der Waals surface area contributed by atoms with E-state index in [0.29, 0.717) is 33.1 Å². The highest BCUT2D eigenvalue weighted by molar-refractivity contribution is 6.32. The molecule has 13 nitrogen and oxygen atoms in total. The molecule has 1 unspecified atom stereocenters. The molecule has 1 saturated heterocycles. The Labute approximate surface area is 269 Å². The minimum Gasteiger partial charge on any atom is -0.465 e. The van der Waals surface area contributed by atoms with E-state index >= 15 is 0 Å². The number of carbonyl (C=O) groups is 1. The largest absolute Gasteiger partial charge is 0.465 e. The minimum atomic E-state index is -4.98. The number of aliphatic hydroxyl groups excluding tert-OH is 1. The Kier molecular flexibility index (Phi) is 9.62. The summed E-state index contributed by atoms with van der Waals surface area (Å²) in [6.45, 7) is -1.07. The van der Waals surface area contributed by atoms with Crippen molar-refractivity contribution < 1.29 is 33.3 Å². The summed E-state index contributed by atoms with van der Waals surface area (Å²) < 4.78 is 42.7. The predicted molar refractivity (Wildman–Crippen MR) is 161 cm³/mol. The summed E-state index contributed by atoms with van der Waals surface area (Å²) >= 11 is 12.4. The summed E-state index contributed by atoms with van der Waals surface area (Å²) in [5.74, 6) is 0.0201. The van der Waals surface area contributed by atoms with Crippen molar-refractivity contribution in [3.63, 3.8) is 0 Å². The lowest BCUT2D eigenvalue weighted by Crippen LogP contribution is -2.39. The van der Waals surface area contributed by atoms with Gasteiger partial charge in [-0.25, -0.2) is 14.3 Å². The van der Waals surface area contributed by atoms with Crippen LogP contribution in [0.1, 0.15) is 25.1 Å². The molecule has 46 heavy (non-hydrogen) atoms. The van der Waals surface area contributed by atoms with Gasteiger partial charge in [0.25, 0.3) is 0 Å². The Bertz CT molecular complexity index is 1760. The number of rotatable bonds is 9. The molecule has 2 atom stereocenters. The van der Waals surface area contributed by atoms with Crippen LogP contribution in [0.15, 0.2) is 53.3 Å². The average Bonchev–Trinajstić information content (AvgIpc) is 3.46. The van der Waals surface area contributed by atoms with Crippen molar-refractivity contribution in [2.75, 3.05) is 25.0 Å². The van der Waals surface area contributed by atoms with Crippen LogP contribution < -0.4 is 11.0 Å². The second-order valence-electron chi connectivity index (χ2n) is 10.9. The fourth-order valence-corrected chi connectivity index (χ4v) is 5.39. The van der Waals surface area contributed by atoms with Gasteiger partial charge in [-0.2, -0.15) is 22.8 Å². The molecule has 1 aliphatic heterocycles. The first-order valence-electron chi connectivity index (χ1n) is 14.1. The van der Waals surface area contributed by atoms with Gasteiger partial charge in [-0.15, -0.1) is 10.2 Å². The molecule has 4 N–H and O–H groups in total. The summed E-state index contributed by atoms with van der Waals surface area (Å²) in [4.78, 5) is 30.5. The first-order chi connectivity index (χ1) is 21.7. The molecule has 2 aromatic heterocycles. The number of aliphatic hydroxyl groups is 2. The number of aromatic nitrogens is 6. The molecule has 246 valence electrons. The number of amides is 1. The Morgan fingerprint density at radius 1 is 1.07 bits per heavy atom. The molecule has 5 rings (SSSR count). The Morgan fingerprint density at radius 2 is 1.78 bits per heavy atom.